The van der Waals surface area contributed by atoms with Gasteiger partial charge in [0.15, 0.2) is 0 Å². The van der Waals surface area contributed by atoms with E-state index in [9.17, 15) is 5.11 Å². The molecule has 0 aliphatic heterocycles. The summed E-state index contributed by atoms with van der Waals surface area (Å²) < 4.78 is 1.64. The number of halogens is 1. The zero-order valence-electron chi connectivity index (χ0n) is 11.5. The molecule has 4 heteroatoms. The molecule has 0 radical (unpaired) electrons. The first-order chi connectivity index (χ1) is 8.97. The van der Waals surface area contributed by atoms with Crippen LogP contribution in [0.2, 0.25) is 5.15 Å². The maximum Gasteiger partial charge on any atom is 0.130 e. The molecular formula is C15H19ClN2O. The molecule has 3 nitrogen and oxygen atoms in total. The second kappa shape index (κ2) is 5.76. The third-order valence-corrected chi connectivity index (χ3v) is 3.77. The van der Waals surface area contributed by atoms with Gasteiger partial charge in [0.05, 0.1) is 11.8 Å². The number of rotatable bonds is 4. The van der Waals surface area contributed by atoms with Gasteiger partial charge in [-0.3, -0.25) is 4.68 Å². The van der Waals surface area contributed by atoms with Crippen molar-refractivity contribution in [1.29, 1.82) is 0 Å². The molecule has 1 aromatic heterocycles. The lowest BCUT2D eigenvalue weighted by Crippen LogP contribution is -2.14. The van der Waals surface area contributed by atoms with Crippen molar-refractivity contribution in [3.63, 3.8) is 0 Å². The zero-order chi connectivity index (χ0) is 14.0. The molecule has 0 amide bonds. The van der Waals surface area contributed by atoms with Crippen LogP contribution in [0.25, 0.3) is 0 Å². The van der Waals surface area contributed by atoms with Crippen LogP contribution in [-0.4, -0.2) is 21.0 Å². The normalized spacial score (nSPS) is 12.7. The van der Waals surface area contributed by atoms with Crippen LogP contribution in [0, 0.1) is 13.8 Å². The summed E-state index contributed by atoms with van der Waals surface area (Å²) in [6.45, 7) is 3.97. The summed E-state index contributed by atoms with van der Waals surface area (Å²) in [6.07, 6.45) is 0.722. The summed E-state index contributed by atoms with van der Waals surface area (Å²) in [5, 5.41) is 15.1. The van der Waals surface area contributed by atoms with E-state index < -0.39 is 6.10 Å². The van der Waals surface area contributed by atoms with Gasteiger partial charge in [-0.2, -0.15) is 5.10 Å². The van der Waals surface area contributed by atoms with Crippen molar-refractivity contribution in [2.24, 2.45) is 7.05 Å². The van der Waals surface area contributed by atoms with E-state index >= 15 is 0 Å². The average Bonchev–Trinajstić information content (AvgIpc) is 2.59. The summed E-state index contributed by atoms with van der Waals surface area (Å²) in [7, 11) is 1.81. The van der Waals surface area contributed by atoms with E-state index in [4.69, 9.17) is 11.6 Å². The molecule has 0 fully saturated rings. The van der Waals surface area contributed by atoms with Crippen LogP contribution in [0.15, 0.2) is 24.3 Å². The topological polar surface area (TPSA) is 38.1 Å². The molecule has 1 atom stereocenters. The van der Waals surface area contributed by atoms with Crippen LogP contribution in [0.3, 0.4) is 0 Å². The van der Waals surface area contributed by atoms with Gasteiger partial charge in [0.2, 0.25) is 0 Å². The fourth-order valence-corrected chi connectivity index (χ4v) is 2.46. The third-order valence-electron chi connectivity index (χ3n) is 3.30. The van der Waals surface area contributed by atoms with Crippen LogP contribution in [-0.2, 0) is 19.9 Å². The van der Waals surface area contributed by atoms with Gasteiger partial charge in [0, 0.05) is 19.0 Å². The first-order valence-electron chi connectivity index (χ1n) is 6.39. The molecule has 0 saturated heterocycles. The Kier molecular flexibility index (Phi) is 4.27. The predicted molar refractivity (Wildman–Crippen MR) is 77.5 cm³/mol. The SMILES string of the molecule is Cc1ccc(CC(O)Cc2c(C)nn(C)c2Cl)cc1. The quantitative estimate of drug-likeness (QED) is 0.934. The number of hydrogen-bond donors (Lipinski definition) is 1. The zero-order valence-corrected chi connectivity index (χ0v) is 12.3. The Hall–Kier alpha value is -1.32. The van der Waals surface area contributed by atoms with Crippen LogP contribution in [0.4, 0.5) is 0 Å². The van der Waals surface area contributed by atoms with Crippen molar-refractivity contribution in [3.8, 4) is 0 Å². The number of aromatic nitrogens is 2. The minimum atomic E-state index is -0.442. The largest absolute Gasteiger partial charge is 0.392 e. The van der Waals surface area contributed by atoms with Crippen molar-refractivity contribution in [2.75, 3.05) is 0 Å². The molecule has 1 N–H and O–H groups in total. The summed E-state index contributed by atoms with van der Waals surface area (Å²) in [6, 6.07) is 8.22. The number of benzene rings is 1. The highest BCUT2D eigenvalue weighted by atomic mass is 35.5. The highest BCUT2D eigenvalue weighted by Crippen LogP contribution is 2.21. The number of aryl methyl sites for hydroxylation is 3. The standard InChI is InChI=1S/C15H19ClN2O/c1-10-4-6-12(7-5-10)8-13(19)9-14-11(2)17-18(3)15(14)16/h4-7,13,19H,8-9H2,1-3H3. The number of nitrogens with zero attached hydrogens (tertiary/aromatic N) is 2. The lowest BCUT2D eigenvalue weighted by atomic mass is 10.0. The summed E-state index contributed by atoms with van der Waals surface area (Å²) in [5.41, 5.74) is 4.18. The van der Waals surface area contributed by atoms with Crippen LogP contribution < -0.4 is 0 Å². The van der Waals surface area contributed by atoms with Crippen LogP contribution in [0.1, 0.15) is 22.4 Å². The maximum absolute atomic E-state index is 10.2. The summed E-state index contributed by atoms with van der Waals surface area (Å²) in [5.74, 6) is 0. The van der Waals surface area contributed by atoms with Crippen LogP contribution >= 0.6 is 11.6 Å². The second-order valence-corrected chi connectivity index (χ2v) is 5.38. The number of hydrogen-bond acceptors (Lipinski definition) is 2. The molecule has 2 aromatic rings. The van der Waals surface area contributed by atoms with E-state index in [0.717, 1.165) is 16.8 Å². The Morgan fingerprint density at radius 3 is 2.37 bits per heavy atom. The Bertz CT molecular complexity index is 560. The Morgan fingerprint density at radius 1 is 1.21 bits per heavy atom. The van der Waals surface area contributed by atoms with Crippen molar-refractivity contribution < 1.29 is 5.11 Å². The molecule has 1 heterocycles. The number of aliphatic hydroxyl groups is 1. The number of aliphatic hydroxyl groups excluding tert-OH is 1. The highest BCUT2D eigenvalue weighted by molar-refractivity contribution is 6.30. The molecule has 0 bridgehead atoms. The van der Waals surface area contributed by atoms with Gasteiger partial charge in [-0.1, -0.05) is 41.4 Å². The first kappa shape index (κ1) is 14.1. The first-order valence-corrected chi connectivity index (χ1v) is 6.76. The fourth-order valence-electron chi connectivity index (χ4n) is 2.21. The van der Waals surface area contributed by atoms with Crippen LogP contribution in [0.5, 0.6) is 0 Å². The maximum atomic E-state index is 10.2. The van der Waals surface area contributed by atoms with E-state index in [1.807, 2.05) is 14.0 Å². The van der Waals surface area contributed by atoms with E-state index in [1.165, 1.54) is 5.56 Å². The lowest BCUT2D eigenvalue weighted by molar-refractivity contribution is 0.175. The van der Waals surface area contributed by atoms with Crippen molar-refractivity contribution in [3.05, 3.63) is 51.8 Å². The van der Waals surface area contributed by atoms with E-state index in [0.29, 0.717) is 18.0 Å². The van der Waals surface area contributed by atoms with Gasteiger partial charge >= 0.3 is 0 Å². The minimum absolute atomic E-state index is 0.442. The van der Waals surface area contributed by atoms with E-state index in [-0.39, 0.29) is 0 Å². The molecular weight excluding hydrogens is 260 g/mol. The molecule has 0 saturated carbocycles. The molecule has 1 unspecified atom stereocenters. The molecule has 2 rings (SSSR count). The van der Waals surface area contributed by atoms with Gasteiger partial charge in [0.25, 0.3) is 0 Å². The van der Waals surface area contributed by atoms with Crippen molar-refractivity contribution >= 4 is 11.6 Å². The minimum Gasteiger partial charge on any atom is -0.392 e. The second-order valence-electron chi connectivity index (χ2n) is 5.03. The van der Waals surface area contributed by atoms with Gasteiger partial charge < -0.3 is 5.11 Å². The summed E-state index contributed by atoms with van der Waals surface area (Å²) in [4.78, 5) is 0. The van der Waals surface area contributed by atoms with Gasteiger partial charge in [0.1, 0.15) is 5.15 Å². The predicted octanol–water partition coefficient (Wildman–Crippen LogP) is 2.84. The van der Waals surface area contributed by atoms with Gasteiger partial charge in [-0.05, 0) is 25.8 Å². The molecule has 1 aromatic carbocycles. The van der Waals surface area contributed by atoms with Crippen molar-refractivity contribution in [2.45, 2.75) is 32.8 Å². The molecule has 19 heavy (non-hydrogen) atoms. The van der Waals surface area contributed by atoms with Crippen molar-refractivity contribution in [1.82, 2.24) is 9.78 Å². The van der Waals surface area contributed by atoms with E-state index in [1.54, 1.807) is 4.68 Å². The third kappa shape index (κ3) is 3.37. The Labute approximate surface area is 118 Å². The van der Waals surface area contributed by atoms with Gasteiger partial charge in [-0.25, -0.2) is 0 Å². The Morgan fingerprint density at radius 2 is 1.84 bits per heavy atom. The van der Waals surface area contributed by atoms with Gasteiger partial charge in [-0.15, -0.1) is 0 Å². The molecule has 102 valence electrons. The average molecular weight is 279 g/mol. The van der Waals surface area contributed by atoms with E-state index in [2.05, 4.69) is 36.3 Å². The highest BCUT2D eigenvalue weighted by Gasteiger charge is 2.15. The summed E-state index contributed by atoms with van der Waals surface area (Å²) >= 11 is 6.17. The fraction of sp³-hybridized carbons (Fsp3) is 0.400. The molecule has 0 spiro atoms. The molecule has 0 aliphatic rings. The molecule has 0 aliphatic carbocycles. The smallest absolute Gasteiger partial charge is 0.130 e. The monoisotopic (exact) mass is 278 g/mol. The lowest BCUT2D eigenvalue weighted by Gasteiger charge is -2.11. The Balaban J connectivity index is 2.05.